The molecule has 1 heterocycles. The molecule has 0 spiro atoms. The minimum Gasteiger partial charge on any atom is -0.382 e. The van der Waals surface area contributed by atoms with Crippen molar-refractivity contribution in [2.24, 2.45) is 5.73 Å². The maximum absolute atomic E-state index is 11.3. The zero-order valence-electron chi connectivity index (χ0n) is 7.24. The summed E-state index contributed by atoms with van der Waals surface area (Å²) in [6.07, 6.45) is 0. The van der Waals surface area contributed by atoms with E-state index < -0.39 is 5.56 Å². The summed E-state index contributed by atoms with van der Waals surface area (Å²) in [5.41, 5.74) is 6.00. The number of benzene rings is 1. The van der Waals surface area contributed by atoms with E-state index in [1.165, 1.54) is 0 Å². The van der Waals surface area contributed by atoms with E-state index in [0.717, 1.165) is 0 Å². The van der Waals surface area contributed by atoms with Gasteiger partial charge in [-0.3, -0.25) is 10.2 Å². The summed E-state index contributed by atoms with van der Waals surface area (Å²) in [6.45, 7) is 0. The first-order valence-electron chi connectivity index (χ1n) is 4.02. The second-order valence-corrected chi connectivity index (χ2v) is 2.85. The molecule has 1 aromatic heterocycles. The first-order chi connectivity index (χ1) is 6.68. The molecular formula is C9H8N4O. The van der Waals surface area contributed by atoms with Crippen LogP contribution in [0.5, 0.6) is 0 Å². The Bertz CT molecular complexity index is 558. The van der Waals surface area contributed by atoms with Gasteiger partial charge in [-0.2, -0.15) is 0 Å². The van der Waals surface area contributed by atoms with Gasteiger partial charge in [-0.15, -0.1) is 0 Å². The number of nitrogens with two attached hydrogens (primary N) is 1. The maximum Gasteiger partial charge on any atom is 0.278 e. The highest BCUT2D eigenvalue weighted by molar-refractivity contribution is 5.94. The lowest BCUT2D eigenvalue weighted by Crippen LogP contribution is -2.25. The van der Waals surface area contributed by atoms with Gasteiger partial charge in [0.05, 0.1) is 11.0 Å². The fraction of sp³-hybridized carbons (Fsp3) is 0. The summed E-state index contributed by atoms with van der Waals surface area (Å²) < 4.78 is 0. The van der Waals surface area contributed by atoms with E-state index in [0.29, 0.717) is 11.0 Å². The molecule has 0 saturated heterocycles. The molecular weight excluding hydrogens is 180 g/mol. The van der Waals surface area contributed by atoms with Crippen molar-refractivity contribution in [2.75, 3.05) is 0 Å². The van der Waals surface area contributed by atoms with Gasteiger partial charge in [-0.1, -0.05) is 12.1 Å². The molecule has 0 aliphatic rings. The van der Waals surface area contributed by atoms with Crippen molar-refractivity contribution in [1.82, 2.24) is 9.97 Å². The molecule has 0 saturated carbocycles. The lowest BCUT2D eigenvalue weighted by molar-refractivity contribution is 1.17. The van der Waals surface area contributed by atoms with E-state index in [2.05, 4.69) is 9.97 Å². The number of aromatic nitrogens is 2. The molecule has 0 aliphatic heterocycles. The van der Waals surface area contributed by atoms with E-state index in [1.54, 1.807) is 24.3 Å². The predicted molar refractivity (Wildman–Crippen MR) is 53.4 cm³/mol. The maximum atomic E-state index is 11.3. The fourth-order valence-corrected chi connectivity index (χ4v) is 1.21. The summed E-state index contributed by atoms with van der Waals surface area (Å²) >= 11 is 0. The highest BCUT2D eigenvalue weighted by Crippen LogP contribution is 2.05. The van der Waals surface area contributed by atoms with Crippen LogP contribution in [0, 0.1) is 5.41 Å². The number of H-pyrrole nitrogens is 1. The number of hydrogen-bond acceptors (Lipinski definition) is 3. The summed E-state index contributed by atoms with van der Waals surface area (Å²) in [5, 5.41) is 7.15. The van der Waals surface area contributed by atoms with Crippen molar-refractivity contribution in [3.8, 4) is 0 Å². The Morgan fingerprint density at radius 3 is 2.86 bits per heavy atom. The Labute approximate surface area is 79.1 Å². The van der Waals surface area contributed by atoms with Gasteiger partial charge < -0.3 is 10.7 Å². The van der Waals surface area contributed by atoms with E-state index in [1.807, 2.05) is 0 Å². The summed E-state index contributed by atoms with van der Waals surface area (Å²) in [6, 6.07) is 7.09. The van der Waals surface area contributed by atoms with Gasteiger partial charge in [0.2, 0.25) is 0 Å². The van der Waals surface area contributed by atoms with E-state index in [9.17, 15) is 4.79 Å². The molecule has 1 aromatic carbocycles. The van der Waals surface area contributed by atoms with Crippen molar-refractivity contribution in [3.63, 3.8) is 0 Å². The third kappa shape index (κ3) is 1.24. The quantitative estimate of drug-likeness (QED) is 0.440. The number of hydrogen-bond donors (Lipinski definition) is 3. The summed E-state index contributed by atoms with van der Waals surface area (Å²) in [5.74, 6) is -0.322. The summed E-state index contributed by atoms with van der Waals surface area (Å²) in [7, 11) is 0. The monoisotopic (exact) mass is 188 g/mol. The first-order valence-corrected chi connectivity index (χ1v) is 4.02. The van der Waals surface area contributed by atoms with Crippen molar-refractivity contribution in [1.29, 1.82) is 5.41 Å². The van der Waals surface area contributed by atoms with Crippen LogP contribution in [-0.2, 0) is 0 Å². The lowest BCUT2D eigenvalue weighted by atomic mass is 10.3. The van der Waals surface area contributed by atoms with Crippen LogP contribution in [0.2, 0.25) is 0 Å². The standard InChI is InChI=1S/C9H8N4O/c10-8(11)7-9(14)13-6-4-2-1-3-5(6)12-7/h1-4H,(H3,10,11)(H,13,14). The molecule has 14 heavy (non-hydrogen) atoms. The van der Waals surface area contributed by atoms with Gasteiger partial charge in [0.1, 0.15) is 5.84 Å². The molecule has 5 heteroatoms. The second kappa shape index (κ2) is 2.95. The number of rotatable bonds is 1. The Hall–Kier alpha value is -2.17. The third-order valence-electron chi connectivity index (χ3n) is 1.85. The zero-order valence-corrected chi connectivity index (χ0v) is 7.24. The molecule has 0 unspecified atom stereocenters. The number of nitrogens with one attached hydrogen (secondary N) is 2. The minimum absolute atomic E-state index is 0.0382. The molecule has 70 valence electrons. The Morgan fingerprint density at radius 1 is 1.43 bits per heavy atom. The average Bonchev–Trinajstić information content (AvgIpc) is 2.16. The van der Waals surface area contributed by atoms with Gasteiger partial charge in [0.25, 0.3) is 5.56 Å². The number of aromatic amines is 1. The number of nitrogen functional groups attached to an aromatic ring is 1. The first kappa shape index (κ1) is 8.43. The highest BCUT2D eigenvalue weighted by atomic mass is 16.1. The molecule has 2 rings (SSSR count). The smallest absolute Gasteiger partial charge is 0.278 e. The Kier molecular flexibility index (Phi) is 1.78. The van der Waals surface area contributed by atoms with Gasteiger partial charge in [-0.05, 0) is 12.1 Å². The SMILES string of the molecule is N=C(N)c1nc2ccccc2[nH]c1=O. The number of amidine groups is 1. The highest BCUT2D eigenvalue weighted by Gasteiger charge is 2.05. The molecule has 0 fully saturated rings. The average molecular weight is 188 g/mol. The molecule has 0 aliphatic carbocycles. The number of para-hydroxylation sites is 2. The topological polar surface area (TPSA) is 95.6 Å². The molecule has 5 nitrogen and oxygen atoms in total. The number of nitrogens with zero attached hydrogens (tertiary/aromatic N) is 1. The van der Waals surface area contributed by atoms with Gasteiger partial charge >= 0.3 is 0 Å². The van der Waals surface area contributed by atoms with Crippen molar-refractivity contribution >= 4 is 16.9 Å². The molecule has 0 amide bonds. The van der Waals surface area contributed by atoms with Crippen LogP contribution >= 0.6 is 0 Å². The second-order valence-electron chi connectivity index (χ2n) is 2.85. The van der Waals surface area contributed by atoms with Crippen LogP contribution in [0.1, 0.15) is 5.69 Å². The van der Waals surface area contributed by atoms with Gasteiger partial charge in [0, 0.05) is 0 Å². The van der Waals surface area contributed by atoms with Crippen LogP contribution in [-0.4, -0.2) is 15.8 Å². The fourth-order valence-electron chi connectivity index (χ4n) is 1.21. The van der Waals surface area contributed by atoms with Crippen LogP contribution < -0.4 is 11.3 Å². The molecule has 4 N–H and O–H groups in total. The Balaban J connectivity index is 2.84. The zero-order chi connectivity index (χ0) is 10.1. The van der Waals surface area contributed by atoms with Crippen LogP contribution in [0.15, 0.2) is 29.1 Å². The normalized spacial score (nSPS) is 10.3. The van der Waals surface area contributed by atoms with E-state index in [-0.39, 0.29) is 11.5 Å². The van der Waals surface area contributed by atoms with Gasteiger partial charge in [-0.25, -0.2) is 4.98 Å². The van der Waals surface area contributed by atoms with E-state index in [4.69, 9.17) is 11.1 Å². The molecule has 2 aromatic rings. The predicted octanol–water partition coefficient (Wildman–Crippen LogP) is 0.207. The minimum atomic E-state index is -0.434. The summed E-state index contributed by atoms with van der Waals surface area (Å²) in [4.78, 5) is 17.9. The van der Waals surface area contributed by atoms with Gasteiger partial charge in [0.15, 0.2) is 5.69 Å². The largest absolute Gasteiger partial charge is 0.382 e. The van der Waals surface area contributed by atoms with Crippen LogP contribution in [0.4, 0.5) is 0 Å². The van der Waals surface area contributed by atoms with Crippen molar-refractivity contribution in [3.05, 3.63) is 40.3 Å². The van der Waals surface area contributed by atoms with Crippen molar-refractivity contribution < 1.29 is 0 Å². The van der Waals surface area contributed by atoms with Crippen LogP contribution in [0.3, 0.4) is 0 Å². The van der Waals surface area contributed by atoms with Crippen molar-refractivity contribution in [2.45, 2.75) is 0 Å². The molecule has 0 radical (unpaired) electrons. The van der Waals surface area contributed by atoms with Crippen LogP contribution in [0.25, 0.3) is 11.0 Å². The van der Waals surface area contributed by atoms with E-state index >= 15 is 0 Å². The number of fused-ring (bicyclic) bond motifs is 1. The lowest BCUT2D eigenvalue weighted by Gasteiger charge is -1.99. The molecule has 0 atom stereocenters. The Morgan fingerprint density at radius 2 is 2.14 bits per heavy atom. The molecule has 0 bridgehead atoms. The third-order valence-corrected chi connectivity index (χ3v) is 1.85.